The lowest BCUT2D eigenvalue weighted by Gasteiger charge is -2.23. The quantitative estimate of drug-likeness (QED) is 0.580. The van der Waals surface area contributed by atoms with Crippen molar-refractivity contribution in [1.29, 1.82) is 0 Å². The van der Waals surface area contributed by atoms with Crippen LogP contribution in [0.5, 0.6) is 0 Å². The fourth-order valence-corrected chi connectivity index (χ4v) is 4.26. The summed E-state index contributed by atoms with van der Waals surface area (Å²) in [5, 5.41) is 4.31. The van der Waals surface area contributed by atoms with Crippen molar-refractivity contribution >= 4 is 11.8 Å². The fraction of sp³-hybridized carbons (Fsp3) is 0.385. The smallest absolute Gasteiger partial charge is 0.257 e. The maximum Gasteiger partial charge on any atom is 0.257 e. The summed E-state index contributed by atoms with van der Waals surface area (Å²) in [6.45, 7) is 8.18. The Balaban J connectivity index is 1.52. The third-order valence-electron chi connectivity index (χ3n) is 6.22. The van der Waals surface area contributed by atoms with E-state index in [0.717, 1.165) is 16.7 Å². The van der Waals surface area contributed by atoms with Crippen LogP contribution >= 0.6 is 0 Å². The number of aromatic nitrogens is 3. The van der Waals surface area contributed by atoms with E-state index in [0.29, 0.717) is 38.2 Å². The third-order valence-corrected chi connectivity index (χ3v) is 6.22. The Labute approximate surface area is 195 Å². The number of rotatable bonds is 6. The Morgan fingerprint density at radius 2 is 1.88 bits per heavy atom. The number of hydrogen-bond donors (Lipinski definition) is 0. The van der Waals surface area contributed by atoms with Crippen molar-refractivity contribution < 1.29 is 9.59 Å². The largest absolute Gasteiger partial charge is 0.341 e. The predicted octanol–water partition coefficient (Wildman–Crippen LogP) is 3.69. The molecule has 0 spiro atoms. The van der Waals surface area contributed by atoms with Crippen LogP contribution in [-0.4, -0.2) is 62.6 Å². The molecule has 1 atom stereocenters. The monoisotopic (exact) mass is 445 g/mol. The van der Waals surface area contributed by atoms with Crippen LogP contribution in [0.2, 0.25) is 0 Å². The van der Waals surface area contributed by atoms with Crippen molar-refractivity contribution in [1.82, 2.24) is 24.6 Å². The number of amides is 2. The molecule has 2 aromatic heterocycles. The van der Waals surface area contributed by atoms with E-state index in [-0.39, 0.29) is 23.8 Å². The van der Waals surface area contributed by atoms with E-state index < -0.39 is 0 Å². The lowest BCUT2D eigenvalue weighted by molar-refractivity contribution is -0.134. The lowest BCUT2D eigenvalue weighted by Crippen LogP contribution is -2.37. The van der Waals surface area contributed by atoms with Gasteiger partial charge in [-0.1, -0.05) is 30.3 Å². The van der Waals surface area contributed by atoms with Crippen molar-refractivity contribution in [3.63, 3.8) is 0 Å². The van der Waals surface area contributed by atoms with Gasteiger partial charge in [0.2, 0.25) is 5.91 Å². The van der Waals surface area contributed by atoms with Crippen molar-refractivity contribution in [2.75, 3.05) is 26.2 Å². The second-order valence-corrected chi connectivity index (χ2v) is 8.81. The molecule has 1 fully saturated rings. The van der Waals surface area contributed by atoms with E-state index in [1.54, 1.807) is 23.3 Å². The second-order valence-electron chi connectivity index (χ2n) is 8.81. The molecule has 172 valence electrons. The summed E-state index contributed by atoms with van der Waals surface area (Å²) in [4.78, 5) is 34.3. The molecule has 7 nitrogen and oxygen atoms in total. The zero-order chi connectivity index (χ0) is 23.4. The Bertz CT molecular complexity index is 1090. The van der Waals surface area contributed by atoms with Gasteiger partial charge in [0.15, 0.2) is 0 Å². The van der Waals surface area contributed by atoms with Gasteiger partial charge in [0, 0.05) is 50.8 Å². The van der Waals surface area contributed by atoms with Crippen LogP contribution in [0, 0.1) is 5.92 Å². The Morgan fingerprint density at radius 3 is 2.52 bits per heavy atom. The van der Waals surface area contributed by atoms with E-state index in [4.69, 9.17) is 0 Å². The number of hydrogen-bond acceptors (Lipinski definition) is 4. The number of carbonyl (C=O) groups is 2. The van der Waals surface area contributed by atoms with Crippen LogP contribution < -0.4 is 0 Å². The van der Waals surface area contributed by atoms with Crippen molar-refractivity contribution in [3.05, 3.63) is 72.3 Å². The summed E-state index contributed by atoms with van der Waals surface area (Å²) in [5.74, 6) is -0.229. The van der Waals surface area contributed by atoms with Gasteiger partial charge in [-0.25, -0.2) is 0 Å². The van der Waals surface area contributed by atoms with E-state index in [1.807, 2.05) is 48.9 Å². The second kappa shape index (κ2) is 9.98. The lowest BCUT2D eigenvalue weighted by atomic mass is 9.96. The molecular formula is C26H31N5O2. The fourth-order valence-electron chi connectivity index (χ4n) is 4.26. The molecule has 1 aromatic carbocycles. The highest BCUT2D eigenvalue weighted by molar-refractivity contribution is 5.94. The molecule has 1 aliphatic heterocycles. The summed E-state index contributed by atoms with van der Waals surface area (Å²) in [5.41, 5.74) is 3.80. The number of likely N-dealkylation sites (N-methyl/N-ethyl adjacent to an activating group) is 1. The molecule has 0 unspecified atom stereocenters. The van der Waals surface area contributed by atoms with Crippen molar-refractivity contribution in [2.45, 2.75) is 33.2 Å². The van der Waals surface area contributed by atoms with E-state index in [2.05, 4.69) is 34.3 Å². The van der Waals surface area contributed by atoms with E-state index in [1.165, 1.54) is 0 Å². The minimum absolute atomic E-state index is 0.0652. The highest BCUT2D eigenvalue weighted by Crippen LogP contribution is 2.22. The molecular weight excluding hydrogens is 414 g/mol. The van der Waals surface area contributed by atoms with Crippen molar-refractivity contribution in [2.24, 2.45) is 5.92 Å². The molecule has 7 heteroatoms. The van der Waals surface area contributed by atoms with Gasteiger partial charge in [-0.3, -0.25) is 19.3 Å². The van der Waals surface area contributed by atoms with E-state index >= 15 is 0 Å². The van der Waals surface area contributed by atoms with Crippen LogP contribution in [0.4, 0.5) is 0 Å². The van der Waals surface area contributed by atoms with E-state index in [9.17, 15) is 9.59 Å². The van der Waals surface area contributed by atoms with Gasteiger partial charge in [0.1, 0.15) is 0 Å². The topological polar surface area (TPSA) is 71.3 Å². The summed E-state index contributed by atoms with van der Waals surface area (Å²) >= 11 is 0. The predicted molar refractivity (Wildman–Crippen MR) is 128 cm³/mol. The van der Waals surface area contributed by atoms with Gasteiger partial charge in [0.05, 0.1) is 17.7 Å². The number of carbonyl (C=O) groups excluding carboxylic acids is 2. The zero-order valence-electron chi connectivity index (χ0n) is 19.5. The molecule has 3 heterocycles. The molecule has 0 radical (unpaired) electrons. The van der Waals surface area contributed by atoms with Gasteiger partial charge in [-0.05, 0) is 49.9 Å². The zero-order valence-corrected chi connectivity index (χ0v) is 19.5. The summed E-state index contributed by atoms with van der Waals surface area (Å²) < 4.78 is 1.79. The minimum Gasteiger partial charge on any atom is -0.341 e. The molecule has 1 saturated heterocycles. The summed E-state index contributed by atoms with van der Waals surface area (Å²) in [6.07, 6.45) is 7.61. The van der Waals surface area contributed by atoms with Gasteiger partial charge < -0.3 is 9.80 Å². The highest BCUT2D eigenvalue weighted by Gasteiger charge is 2.32. The number of pyridine rings is 1. The maximum atomic E-state index is 13.2. The number of benzene rings is 1. The van der Waals surface area contributed by atoms with Crippen LogP contribution in [0.25, 0.3) is 11.1 Å². The number of nitrogens with zero attached hydrogens (tertiary/aromatic N) is 5. The van der Waals surface area contributed by atoms with Crippen LogP contribution in [-0.2, 0) is 11.2 Å². The molecule has 2 amide bonds. The standard InChI is InChI=1S/C26H31N5O2/c1-4-29-12-13-30(26(33)24-16-28-31(18-24)19(2)3)17-23(25(29)32)14-20-7-9-21(10-8-20)22-6-5-11-27-15-22/h5-11,15-16,18-19,23H,4,12-14,17H2,1-3H3/t23-/m0/s1. The van der Waals surface area contributed by atoms with Gasteiger partial charge in [-0.15, -0.1) is 0 Å². The molecule has 4 rings (SSSR count). The molecule has 3 aromatic rings. The highest BCUT2D eigenvalue weighted by atomic mass is 16.2. The Morgan fingerprint density at radius 1 is 1.09 bits per heavy atom. The average Bonchev–Trinajstić information content (AvgIpc) is 3.28. The van der Waals surface area contributed by atoms with Gasteiger partial charge >= 0.3 is 0 Å². The molecule has 0 saturated carbocycles. The Kier molecular flexibility index (Phi) is 6.87. The molecule has 0 aliphatic carbocycles. The maximum absolute atomic E-state index is 13.2. The van der Waals surface area contributed by atoms with Gasteiger partial charge in [-0.2, -0.15) is 5.10 Å². The SMILES string of the molecule is CCN1CCN(C(=O)c2cnn(C(C)C)c2)C[C@H](Cc2ccc(-c3cccnc3)cc2)C1=O. The van der Waals surface area contributed by atoms with Gasteiger partial charge in [0.25, 0.3) is 5.91 Å². The first kappa shape index (κ1) is 22.7. The third kappa shape index (κ3) is 5.13. The molecule has 0 bridgehead atoms. The van der Waals surface area contributed by atoms with Crippen LogP contribution in [0.1, 0.15) is 42.7 Å². The van der Waals surface area contributed by atoms with Crippen molar-refractivity contribution in [3.8, 4) is 11.1 Å². The Hall–Kier alpha value is -3.48. The average molecular weight is 446 g/mol. The minimum atomic E-state index is -0.277. The normalized spacial score (nSPS) is 16.8. The summed E-state index contributed by atoms with van der Waals surface area (Å²) in [6, 6.07) is 12.4. The first-order valence-corrected chi connectivity index (χ1v) is 11.6. The molecule has 1 aliphatic rings. The molecule has 33 heavy (non-hydrogen) atoms. The molecule has 0 N–H and O–H groups in total. The van der Waals surface area contributed by atoms with Crippen LogP contribution in [0.15, 0.2) is 61.2 Å². The first-order valence-electron chi connectivity index (χ1n) is 11.6. The summed E-state index contributed by atoms with van der Waals surface area (Å²) in [7, 11) is 0. The first-order chi connectivity index (χ1) is 16.0. The van der Waals surface area contributed by atoms with Crippen LogP contribution in [0.3, 0.4) is 0 Å².